The van der Waals surface area contributed by atoms with Gasteiger partial charge in [-0.1, -0.05) is 97.4 Å². The Morgan fingerprint density at radius 2 is 1.68 bits per heavy atom. The first kappa shape index (κ1) is 29.6. The number of likely N-dealkylation sites (tertiary alicyclic amines) is 1. The molecular formula is C32H35BrN2O4SSi. The highest BCUT2D eigenvalue weighted by atomic mass is 79.9. The molecule has 0 bridgehead atoms. The smallest absolute Gasteiger partial charge is 0.407 e. The van der Waals surface area contributed by atoms with E-state index in [-0.39, 0.29) is 21.9 Å². The van der Waals surface area contributed by atoms with E-state index in [1.807, 2.05) is 30.3 Å². The number of rotatable bonds is 7. The molecule has 0 radical (unpaired) electrons. The van der Waals surface area contributed by atoms with Gasteiger partial charge >= 0.3 is 6.09 Å². The minimum absolute atomic E-state index is 0.117. The monoisotopic (exact) mass is 650 g/mol. The third-order valence-electron chi connectivity index (χ3n) is 7.94. The number of pyridine rings is 1. The molecular weight excluding hydrogens is 616 g/mol. The van der Waals surface area contributed by atoms with Crippen molar-refractivity contribution in [3.63, 3.8) is 0 Å². The molecule has 41 heavy (non-hydrogen) atoms. The number of aromatic amines is 1. The number of halogens is 1. The fraction of sp³-hybridized carbons (Fsp3) is 0.312. The maximum atomic E-state index is 12.4. The predicted octanol–water partition coefficient (Wildman–Crippen LogP) is 6.47. The number of fused-ring (bicyclic) bond motifs is 1. The van der Waals surface area contributed by atoms with E-state index in [1.54, 1.807) is 22.9 Å². The molecule has 1 saturated heterocycles. The van der Waals surface area contributed by atoms with Crippen LogP contribution in [0.2, 0.25) is 5.04 Å². The summed E-state index contributed by atoms with van der Waals surface area (Å²) in [4.78, 5) is 30.2. The highest BCUT2D eigenvalue weighted by Crippen LogP contribution is 2.39. The third-order valence-corrected chi connectivity index (χ3v) is 14.8. The van der Waals surface area contributed by atoms with Gasteiger partial charge in [-0.15, -0.1) is 11.8 Å². The van der Waals surface area contributed by atoms with Crippen LogP contribution in [0.1, 0.15) is 33.6 Å². The molecule has 6 nitrogen and oxygen atoms in total. The Bertz CT molecular complexity index is 1540. The summed E-state index contributed by atoms with van der Waals surface area (Å²) in [6.07, 6.45) is 2.24. The van der Waals surface area contributed by atoms with Crippen LogP contribution in [0.15, 0.2) is 99.2 Å². The Balaban J connectivity index is 1.46. The van der Waals surface area contributed by atoms with Gasteiger partial charge in [0.05, 0.1) is 12.6 Å². The summed E-state index contributed by atoms with van der Waals surface area (Å²) in [5.41, 5.74) is -0.117. The summed E-state index contributed by atoms with van der Waals surface area (Å²) in [7, 11) is -2.81. The number of carbonyl (C=O) groups is 1. The molecule has 2 heterocycles. The van der Waals surface area contributed by atoms with Crippen LogP contribution in [0.25, 0.3) is 10.8 Å². The lowest BCUT2D eigenvalue weighted by Gasteiger charge is -2.45. The number of carboxylic acid groups (broad SMARTS) is 1. The van der Waals surface area contributed by atoms with Crippen LogP contribution >= 0.6 is 27.7 Å². The first-order valence-electron chi connectivity index (χ1n) is 13.8. The maximum Gasteiger partial charge on any atom is 0.407 e. The number of H-pyrrole nitrogens is 1. The summed E-state index contributed by atoms with van der Waals surface area (Å²) < 4.78 is 8.07. The molecule has 1 aliphatic rings. The molecule has 9 heteroatoms. The number of nitrogens with zero attached hydrogens (tertiary/aromatic N) is 1. The Labute approximate surface area is 254 Å². The van der Waals surface area contributed by atoms with Crippen molar-refractivity contribution in [2.75, 3.05) is 13.2 Å². The molecule has 214 valence electrons. The zero-order valence-electron chi connectivity index (χ0n) is 23.5. The number of amides is 1. The van der Waals surface area contributed by atoms with Crippen molar-refractivity contribution in [3.05, 3.63) is 99.9 Å². The van der Waals surface area contributed by atoms with Gasteiger partial charge in [-0.2, -0.15) is 0 Å². The quantitative estimate of drug-likeness (QED) is 0.224. The zero-order valence-corrected chi connectivity index (χ0v) is 26.9. The van der Waals surface area contributed by atoms with E-state index in [9.17, 15) is 14.7 Å². The van der Waals surface area contributed by atoms with Crippen molar-refractivity contribution in [3.8, 4) is 0 Å². The van der Waals surface area contributed by atoms with E-state index in [0.29, 0.717) is 25.0 Å². The lowest BCUT2D eigenvalue weighted by Crippen LogP contribution is -2.67. The molecule has 1 aliphatic heterocycles. The number of aromatic nitrogens is 1. The lowest BCUT2D eigenvalue weighted by molar-refractivity contribution is 0.0831. The first-order chi connectivity index (χ1) is 19.6. The van der Waals surface area contributed by atoms with Crippen LogP contribution in [-0.2, 0) is 4.43 Å². The molecule has 2 N–H and O–H groups in total. The van der Waals surface area contributed by atoms with Crippen molar-refractivity contribution >= 4 is 63.2 Å². The Kier molecular flexibility index (Phi) is 8.80. The Hall–Kier alpha value is -2.85. The second-order valence-electron chi connectivity index (χ2n) is 11.5. The van der Waals surface area contributed by atoms with E-state index < -0.39 is 14.4 Å². The number of hydrogen-bond acceptors (Lipinski definition) is 4. The van der Waals surface area contributed by atoms with Crippen LogP contribution in [-0.4, -0.2) is 53.8 Å². The van der Waals surface area contributed by atoms with Gasteiger partial charge in [-0.05, 0) is 46.5 Å². The van der Waals surface area contributed by atoms with Crippen LogP contribution in [0.4, 0.5) is 4.79 Å². The van der Waals surface area contributed by atoms with Crippen molar-refractivity contribution in [2.24, 2.45) is 0 Å². The number of thioether (sulfide) groups is 1. The zero-order chi connectivity index (χ0) is 29.2. The van der Waals surface area contributed by atoms with E-state index in [2.05, 4.69) is 90.2 Å². The highest BCUT2D eigenvalue weighted by Gasteiger charge is 2.51. The van der Waals surface area contributed by atoms with E-state index in [0.717, 1.165) is 21.2 Å². The van der Waals surface area contributed by atoms with Gasteiger partial charge in [-0.3, -0.25) is 4.79 Å². The van der Waals surface area contributed by atoms with E-state index in [1.165, 1.54) is 10.4 Å². The van der Waals surface area contributed by atoms with E-state index in [4.69, 9.17) is 4.43 Å². The van der Waals surface area contributed by atoms with Crippen molar-refractivity contribution in [2.45, 2.75) is 54.8 Å². The van der Waals surface area contributed by atoms with Gasteiger partial charge in [0.1, 0.15) is 0 Å². The second kappa shape index (κ2) is 12.2. The molecule has 3 aromatic carbocycles. The number of hydrogen-bond donors (Lipinski definition) is 2. The number of benzene rings is 3. The van der Waals surface area contributed by atoms with Crippen LogP contribution in [0.3, 0.4) is 0 Å². The lowest BCUT2D eigenvalue weighted by atomic mass is 10.0. The molecule has 0 spiro atoms. The molecule has 1 aromatic heterocycles. The molecule has 0 saturated carbocycles. The average Bonchev–Trinajstić information content (AvgIpc) is 2.95. The Morgan fingerprint density at radius 1 is 1.05 bits per heavy atom. The summed E-state index contributed by atoms with van der Waals surface area (Å²) >= 11 is 5.24. The largest absolute Gasteiger partial charge is 0.465 e. The summed E-state index contributed by atoms with van der Waals surface area (Å²) in [5.74, 6) is 0. The summed E-state index contributed by atoms with van der Waals surface area (Å²) in [6, 6.07) is 26.2. The predicted molar refractivity (Wildman–Crippen MR) is 173 cm³/mol. The second-order valence-corrected chi connectivity index (χ2v) is 18.1. The average molecular weight is 652 g/mol. The molecule has 1 amide bonds. The molecule has 0 unspecified atom stereocenters. The van der Waals surface area contributed by atoms with Crippen molar-refractivity contribution < 1.29 is 14.3 Å². The van der Waals surface area contributed by atoms with Gasteiger partial charge in [0.25, 0.3) is 13.9 Å². The standard InChI is InChI=1S/C32H35BrN2O4SSi/c1-32(2,3)41(25-10-6-4-7-11-25,26-12-8-5-9-13-26)39-21-23-19-24(16-17-35(23)31(37)38)40-29-20-34-30(36)27-15-14-22(33)18-28(27)29/h4-15,18,20,23-24H,16-17,19,21H2,1-3H3,(H,34,36)(H,37,38)/t23-,24-/m0/s1. The Morgan fingerprint density at radius 3 is 2.27 bits per heavy atom. The summed E-state index contributed by atoms with van der Waals surface area (Å²) in [5, 5.41) is 14.0. The summed E-state index contributed by atoms with van der Waals surface area (Å²) in [6.45, 7) is 7.44. The minimum Gasteiger partial charge on any atom is -0.465 e. The topological polar surface area (TPSA) is 82.6 Å². The number of nitrogens with one attached hydrogen (secondary N) is 1. The third kappa shape index (κ3) is 6.04. The molecule has 1 fully saturated rings. The molecule has 4 aromatic rings. The minimum atomic E-state index is -2.81. The number of piperidine rings is 1. The van der Waals surface area contributed by atoms with Crippen LogP contribution in [0.5, 0.6) is 0 Å². The first-order valence-corrected chi connectivity index (χ1v) is 17.4. The van der Waals surface area contributed by atoms with Crippen LogP contribution < -0.4 is 15.9 Å². The van der Waals surface area contributed by atoms with Gasteiger partial charge in [0, 0.05) is 38.1 Å². The molecule has 5 rings (SSSR count). The van der Waals surface area contributed by atoms with Gasteiger partial charge in [0.2, 0.25) is 0 Å². The SMILES string of the molecule is CC(C)(C)[Si](OC[C@@H]1C[C@@H](Sc2c[nH]c(=O)c3ccc(Br)cc23)CCN1C(=O)O)(c1ccccc1)c1ccccc1. The molecule has 0 aliphatic carbocycles. The highest BCUT2D eigenvalue weighted by molar-refractivity contribution is 9.10. The van der Waals surface area contributed by atoms with Gasteiger partial charge in [0.15, 0.2) is 0 Å². The van der Waals surface area contributed by atoms with Crippen molar-refractivity contribution in [1.29, 1.82) is 0 Å². The fourth-order valence-electron chi connectivity index (χ4n) is 6.00. The normalized spacial score (nSPS) is 18.0. The van der Waals surface area contributed by atoms with Crippen molar-refractivity contribution in [1.82, 2.24) is 9.88 Å². The van der Waals surface area contributed by atoms with E-state index >= 15 is 0 Å². The van der Waals surface area contributed by atoms with Crippen LogP contribution in [0, 0.1) is 0 Å². The molecule has 2 atom stereocenters. The fourth-order valence-corrected chi connectivity index (χ4v) is 12.3. The maximum absolute atomic E-state index is 12.4. The van der Waals surface area contributed by atoms with Gasteiger partial charge in [-0.25, -0.2) is 4.79 Å². The van der Waals surface area contributed by atoms with Gasteiger partial charge < -0.3 is 19.4 Å².